The number of carbonyl (C=O) groups excluding carboxylic acids is 1. The summed E-state index contributed by atoms with van der Waals surface area (Å²) in [5.41, 5.74) is 0.465. The van der Waals surface area contributed by atoms with Crippen LogP contribution < -0.4 is 9.64 Å². The molecule has 0 aliphatic carbocycles. The molecule has 1 aromatic carbocycles. The van der Waals surface area contributed by atoms with Crippen LogP contribution >= 0.6 is 11.8 Å². The first-order valence-corrected chi connectivity index (χ1v) is 11.9. The van der Waals surface area contributed by atoms with E-state index in [4.69, 9.17) is 0 Å². The lowest BCUT2D eigenvalue weighted by molar-refractivity contribution is -0.274. The number of amidine groups is 1. The second kappa shape index (κ2) is 8.17. The summed E-state index contributed by atoms with van der Waals surface area (Å²) < 4.78 is 65.2. The van der Waals surface area contributed by atoms with Crippen molar-refractivity contribution in [2.24, 2.45) is 10.9 Å². The minimum Gasteiger partial charge on any atom is -0.406 e. The number of fused-ring (bicyclic) bond motifs is 1. The van der Waals surface area contributed by atoms with E-state index in [0.29, 0.717) is 23.7 Å². The fourth-order valence-electron chi connectivity index (χ4n) is 3.50. The molecule has 2 aliphatic heterocycles. The second-order valence-corrected chi connectivity index (χ2v) is 10.3. The zero-order valence-electron chi connectivity index (χ0n) is 15.8. The normalized spacial score (nSPS) is 24.9. The molecule has 1 amide bonds. The van der Waals surface area contributed by atoms with Gasteiger partial charge in [-0.05, 0) is 37.1 Å². The molecule has 0 saturated carbocycles. The second-order valence-electron chi connectivity index (χ2n) is 6.96. The predicted molar refractivity (Wildman–Crippen MR) is 106 cm³/mol. The topological polar surface area (TPSA) is 76.0 Å². The van der Waals surface area contributed by atoms with Crippen LogP contribution in [0.5, 0.6) is 5.75 Å². The van der Waals surface area contributed by atoms with Crippen LogP contribution in [-0.2, 0) is 14.6 Å². The molecule has 0 aromatic heterocycles. The van der Waals surface area contributed by atoms with Gasteiger partial charge in [0, 0.05) is 16.9 Å². The molecule has 1 aromatic rings. The predicted octanol–water partition coefficient (Wildman–Crippen LogP) is 3.62. The van der Waals surface area contributed by atoms with Crippen molar-refractivity contribution in [1.29, 1.82) is 0 Å². The average Bonchev–Trinajstić information content (AvgIpc) is 3.06. The number of hydrogen-bond donors (Lipinski definition) is 0. The number of hydrogen-bond acceptors (Lipinski definition) is 5. The third-order valence-electron chi connectivity index (χ3n) is 4.96. The first kappa shape index (κ1) is 21.9. The molecule has 160 valence electrons. The number of alkyl halides is 3. The maximum absolute atomic E-state index is 12.5. The first-order valence-electron chi connectivity index (χ1n) is 9.17. The molecule has 0 unspecified atom stereocenters. The Morgan fingerprint density at radius 3 is 2.41 bits per heavy atom. The smallest absolute Gasteiger partial charge is 0.406 e. The highest BCUT2D eigenvalue weighted by Crippen LogP contribution is 2.41. The van der Waals surface area contributed by atoms with Crippen molar-refractivity contribution < 1.29 is 31.1 Å². The molecule has 29 heavy (non-hydrogen) atoms. The van der Waals surface area contributed by atoms with E-state index in [-0.39, 0.29) is 34.3 Å². The van der Waals surface area contributed by atoms with Crippen LogP contribution in [0.4, 0.5) is 18.9 Å². The number of carbonyl (C=O) groups is 1. The summed E-state index contributed by atoms with van der Waals surface area (Å²) in [6.45, 7) is 3.79. The minimum absolute atomic E-state index is 0.0215. The fraction of sp³-hybridized carbons (Fsp3) is 0.556. The lowest BCUT2D eigenvalue weighted by atomic mass is 10.0. The number of ether oxygens (including phenoxy) is 1. The Hall–Kier alpha value is -1.75. The third-order valence-corrected chi connectivity index (χ3v) is 8.17. The van der Waals surface area contributed by atoms with E-state index < -0.39 is 22.2 Å². The van der Waals surface area contributed by atoms with E-state index in [1.165, 1.54) is 23.9 Å². The molecule has 6 nitrogen and oxygen atoms in total. The Labute approximate surface area is 171 Å². The van der Waals surface area contributed by atoms with E-state index in [0.717, 1.165) is 12.1 Å². The van der Waals surface area contributed by atoms with Gasteiger partial charge in [0.05, 0.1) is 17.5 Å². The maximum atomic E-state index is 12.5. The molecular formula is C18H21F3N2O4S2. The van der Waals surface area contributed by atoms with Gasteiger partial charge in [-0.3, -0.25) is 4.79 Å². The van der Waals surface area contributed by atoms with Crippen molar-refractivity contribution in [3.63, 3.8) is 0 Å². The number of anilines is 1. The molecule has 2 saturated heterocycles. The van der Waals surface area contributed by atoms with Crippen molar-refractivity contribution >= 4 is 38.4 Å². The summed E-state index contributed by atoms with van der Waals surface area (Å²) in [6, 6.07) is 4.71. The molecule has 2 aliphatic rings. The molecule has 0 N–H and O–H groups in total. The number of rotatable bonds is 5. The van der Waals surface area contributed by atoms with Crippen molar-refractivity contribution in [2.75, 3.05) is 16.4 Å². The van der Waals surface area contributed by atoms with Gasteiger partial charge < -0.3 is 9.64 Å². The van der Waals surface area contributed by atoms with Gasteiger partial charge in [0.25, 0.3) is 5.91 Å². The SMILES string of the molecule is CCC(CC)C(=O)N=C1S[C@H]2CS(=O)(=O)C[C@@H]2N1c1ccc(OC(F)(F)F)cc1. The van der Waals surface area contributed by atoms with Crippen LogP contribution in [0.2, 0.25) is 0 Å². The largest absolute Gasteiger partial charge is 0.573 e. The Kier molecular flexibility index (Phi) is 6.19. The van der Waals surface area contributed by atoms with Crippen molar-refractivity contribution in [3.8, 4) is 5.75 Å². The van der Waals surface area contributed by atoms with Crippen molar-refractivity contribution in [3.05, 3.63) is 24.3 Å². The van der Waals surface area contributed by atoms with Gasteiger partial charge in [-0.2, -0.15) is 4.99 Å². The highest BCUT2D eigenvalue weighted by molar-refractivity contribution is 8.16. The number of sulfone groups is 1. The molecule has 2 fully saturated rings. The quantitative estimate of drug-likeness (QED) is 0.682. The lowest BCUT2D eigenvalue weighted by Gasteiger charge is -2.25. The van der Waals surface area contributed by atoms with Gasteiger partial charge in [0.15, 0.2) is 15.0 Å². The number of benzene rings is 1. The van der Waals surface area contributed by atoms with Gasteiger partial charge >= 0.3 is 6.36 Å². The van der Waals surface area contributed by atoms with Gasteiger partial charge in [0.2, 0.25) is 0 Å². The Morgan fingerprint density at radius 1 is 1.24 bits per heavy atom. The number of nitrogens with zero attached hydrogens (tertiary/aromatic N) is 2. The van der Waals surface area contributed by atoms with E-state index in [2.05, 4.69) is 9.73 Å². The Balaban J connectivity index is 1.93. The fourth-order valence-corrected chi connectivity index (χ4v) is 7.42. The number of amides is 1. The summed E-state index contributed by atoms with van der Waals surface area (Å²) in [7, 11) is -3.23. The Bertz CT molecular complexity index is 897. The molecule has 0 radical (unpaired) electrons. The summed E-state index contributed by atoms with van der Waals surface area (Å²) in [6.07, 6.45) is -3.52. The third kappa shape index (κ3) is 5.06. The summed E-state index contributed by atoms with van der Waals surface area (Å²) in [4.78, 5) is 18.4. The van der Waals surface area contributed by atoms with Crippen LogP contribution in [0, 0.1) is 5.92 Å². The Morgan fingerprint density at radius 2 is 1.86 bits per heavy atom. The van der Waals surface area contributed by atoms with Crippen molar-refractivity contribution in [2.45, 2.75) is 44.3 Å². The lowest BCUT2D eigenvalue weighted by Crippen LogP contribution is -2.37. The molecule has 2 heterocycles. The van der Waals surface area contributed by atoms with Crippen LogP contribution in [-0.4, -0.2) is 48.7 Å². The van der Waals surface area contributed by atoms with Crippen LogP contribution in [0.15, 0.2) is 29.3 Å². The van der Waals surface area contributed by atoms with Crippen LogP contribution in [0.3, 0.4) is 0 Å². The number of thioether (sulfide) groups is 1. The maximum Gasteiger partial charge on any atom is 0.573 e. The molecule has 2 atom stereocenters. The van der Waals surface area contributed by atoms with Crippen LogP contribution in [0.25, 0.3) is 0 Å². The van der Waals surface area contributed by atoms with Gasteiger partial charge in [-0.1, -0.05) is 25.6 Å². The van der Waals surface area contributed by atoms with Gasteiger partial charge in [0.1, 0.15) is 5.75 Å². The molecule has 3 rings (SSSR count). The highest BCUT2D eigenvalue weighted by Gasteiger charge is 2.49. The van der Waals surface area contributed by atoms with Gasteiger partial charge in [-0.15, -0.1) is 13.2 Å². The minimum atomic E-state index is -4.80. The first-order chi connectivity index (χ1) is 13.5. The number of halogens is 3. The summed E-state index contributed by atoms with van der Waals surface area (Å²) in [5.74, 6) is -0.995. The average molecular weight is 451 g/mol. The molecular weight excluding hydrogens is 429 g/mol. The monoisotopic (exact) mass is 450 g/mol. The standard InChI is InChI=1S/C18H21F3N2O4S2/c1-3-11(4-2)16(24)22-17-23(14-9-29(25,26)10-15(14)28-17)12-5-7-13(8-6-12)27-18(19,20)21/h5-8,11,14-15H,3-4,9-10H2,1-2H3/t14-,15-/m0/s1. The van der Waals surface area contributed by atoms with E-state index in [1.807, 2.05) is 13.8 Å². The molecule has 11 heteroatoms. The highest BCUT2D eigenvalue weighted by atomic mass is 32.2. The van der Waals surface area contributed by atoms with E-state index >= 15 is 0 Å². The zero-order chi connectivity index (χ0) is 21.4. The summed E-state index contributed by atoms with van der Waals surface area (Å²) in [5, 5.41) is 0.107. The van der Waals surface area contributed by atoms with Crippen molar-refractivity contribution in [1.82, 2.24) is 0 Å². The van der Waals surface area contributed by atoms with Crippen LogP contribution in [0.1, 0.15) is 26.7 Å². The number of aliphatic imine (C=N–C) groups is 1. The molecule has 0 spiro atoms. The molecule has 0 bridgehead atoms. The van der Waals surface area contributed by atoms with Gasteiger partial charge in [-0.25, -0.2) is 8.42 Å². The van der Waals surface area contributed by atoms with E-state index in [9.17, 15) is 26.4 Å². The summed E-state index contributed by atoms with van der Waals surface area (Å²) >= 11 is 1.23. The van der Waals surface area contributed by atoms with E-state index in [1.54, 1.807) is 4.90 Å². The zero-order valence-corrected chi connectivity index (χ0v) is 17.5.